The zero-order valence-corrected chi connectivity index (χ0v) is 18.5. The van der Waals surface area contributed by atoms with Crippen molar-refractivity contribution < 1.29 is 0 Å². The van der Waals surface area contributed by atoms with E-state index in [9.17, 15) is 4.79 Å². The first-order valence-corrected chi connectivity index (χ1v) is 11.0. The van der Waals surface area contributed by atoms with Crippen molar-refractivity contribution in [3.8, 4) is 22.5 Å². The van der Waals surface area contributed by atoms with Gasteiger partial charge in [0.25, 0.3) is 5.56 Å². The number of nitrogens with zero attached hydrogens (tertiary/aromatic N) is 6. The third kappa shape index (κ3) is 3.34. The average Bonchev–Trinajstić information content (AvgIpc) is 3.34. The molecular weight excluding hydrogens is 424 g/mol. The lowest BCUT2D eigenvalue weighted by Gasteiger charge is -2.13. The van der Waals surface area contributed by atoms with E-state index in [-0.39, 0.29) is 5.56 Å². The quantitative estimate of drug-likeness (QED) is 0.399. The van der Waals surface area contributed by atoms with Crippen LogP contribution in [-0.4, -0.2) is 29.4 Å². The largest absolute Gasteiger partial charge is 0.293 e. The summed E-state index contributed by atoms with van der Waals surface area (Å²) in [4.78, 5) is 22.4. The predicted molar refractivity (Wildman–Crippen MR) is 131 cm³/mol. The molecular formula is C27H20N6O. The molecule has 0 amide bonds. The molecule has 0 aliphatic carbocycles. The number of aromatic nitrogens is 6. The Morgan fingerprint density at radius 3 is 2.26 bits per heavy atom. The maximum atomic E-state index is 13.6. The van der Waals surface area contributed by atoms with E-state index in [0.29, 0.717) is 29.0 Å². The summed E-state index contributed by atoms with van der Waals surface area (Å²) >= 11 is 0. The van der Waals surface area contributed by atoms with Gasteiger partial charge >= 0.3 is 0 Å². The highest BCUT2D eigenvalue weighted by Gasteiger charge is 2.20. The first kappa shape index (κ1) is 20.0. The van der Waals surface area contributed by atoms with Gasteiger partial charge in [-0.1, -0.05) is 60.7 Å². The number of hydrogen-bond donors (Lipinski definition) is 0. The topological polar surface area (TPSA) is 78.0 Å². The smallest absolute Gasteiger partial charge is 0.265 e. The molecule has 0 aliphatic rings. The van der Waals surface area contributed by atoms with Gasteiger partial charge in [0.2, 0.25) is 0 Å². The normalized spacial score (nSPS) is 11.3. The van der Waals surface area contributed by atoms with Crippen LogP contribution in [0.15, 0.2) is 96.1 Å². The second-order valence-electron chi connectivity index (χ2n) is 8.11. The van der Waals surface area contributed by atoms with Crippen molar-refractivity contribution in [1.29, 1.82) is 0 Å². The number of rotatable bonds is 4. The number of benzene rings is 2. The van der Waals surface area contributed by atoms with Gasteiger partial charge < -0.3 is 0 Å². The van der Waals surface area contributed by atoms with Crippen LogP contribution in [0.4, 0.5) is 0 Å². The van der Waals surface area contributed by atoms with Crippen molar-refractivity contribution >= 4 is 16.4 Å². The van der Waals surface area contributed by atoms with Crippen LogP contribution in [0, 0.1) is 6.92 Å². The van der Waals surface area contributed by atoms with Gasteiger partial charge in [-0.05, 0) is 30.7 Å². The van der Waals surface area contributed by atoms with Crippen LogP contribution in [0.1, 0.15) is 11.4 Å². The standard InChI is InChI=1S/C27H20N6O/c1-18-29-26-24(23-16-22(30-33(18)23)20-10-6-3-7-11-20)25(21-12-14-28-15-13-21)31-32(27(26)34)17-19-8-4-2-5-9-19/h2-16H,17H2,1H3. The molecule has 0 spiro atoms. The lowest BCUT2D eigenvalue weighted by Crippen LogP contribution is -2.26. The van der Waals surface area contributed by atoms with Crippen molar-refractivity contribution in [3.63, 3.8) is 0 Å². The Bertz CT molecular complexity index is 1690. The Morgan fingerprint density at radius 1 is 0.824 bits per heavy atom. The molecule has 4 aromatic heterocycles. The molecule has 7 heteroatoms. The van der Waals surface area contributed by atoms with Gasteiger partial charge in [-0.2, -0.15) is 10.2 Å². The Morgan fingerprint density at radius 2 is 1.53 bits per heavy atom. The number of hydrogen-bond acceptors (Lipinski definition) is 5. The van der Waals surface area contributed by atoms with Gasteiger partial charge in [-0.15, -0.1) is 0 Å². The molecule has 0 saturated carbocycles. The fraction of sp³-hybridized carbons (Fsp3) is 0.0741. The minimum atomic E-state index is -0.232. The highest BCUT2D eigenvalue weighted by atomic mass is 16.1. The van der Waals surface area contributed by atoms with Gasteiger partial charge in [0.05, 0.1) is 23.1 Å². The molecule has 7 nitrogen and oxygen atoms in total. The van der Waals surface area contributed by atoms with Gasteiger partial charge in [-0.25, -0.2) is 14.2 Å². The Balaban J connectivity index is 1.68. The predicted octanol–water partition coefficient (Wildman–Crippen LogP) is 4.52. The van der Waals surface area contributed by atoms with Crippen molar-refractivity contribution in [1.82, 2.24) is 29.4 Å². The van der Waals surface area contributed by atoms with E-state index in [1.165, 1.54) is 4.68 Å². The van der Waals surface area contributed by atoms with Crippen molar-refractivity contribution in [2.75, 3.05) is 0 Å². The minimum Gasteiger partial charge on any atom is -0.265 e. The summed E-state index contributed by atoms with van der Waals surface area (Å²) in [6.45, 7) is 2.22. The number of fused-ring (bicyclic) bond motifs is 3. The SMILES string of the molecule is Cc1nc2c(=O)n(Cc3ccccc3)nc(-c3ccncc3)c2c2cc(-c3ccccc3)nn12. The van der Waals surface area contributed by atoms with E-state index in [2.05, 4.69) is 4.98 Å². The second kappa shape index (κ2) is 8.04. The highest BCUT2D eigenvalue weighted by Crippen LogP contribution is 2.30. The second-order valence-corrected chi connectivity index (χ2v) is 8.11. The fourth-order valence-corrected chi connectivity index (χ4v) is 4.24. The summed E-state index contributed by atoms with van der Waals surface area (Å²) in [7, 11) is 0. The molecule has 2 aromatic carbocycles. The molecule has 0 unspecified atom stereocenters. The summed E-state index contributed by atoms with van der Waals surface area (Å²) in [6.07, 6.45) is 3.44. The zero-order chi connectivity index (χ0) is 23.1. The molecule has 0 radical (unpaired) electrons. The third-order valence-corrected chi connectivity index (χ3v) is 5.88. The summed E-state index contributed by atoms with van der Waals surface area (Å²) < 4.78 is 3.28. The Hall–Kier alpha value is -4.65. The Kier molecular flexibility index (Phi) is 4.73. The third-order valence-electron chi connectivity index (χ3n) is 5.88. The van der Waals surface area contributed by atoms with Crippen LogP contribution < -0.4 is 5.56 Å². The van der Waals surface area contributed by atoms with Crippen molar-refractivity contribution in [2.45, 2.75) is 13.5 Å². The summed E-state index contributed by atoms with van der Waals surface area (Å²) in [5.41, 5.74) is 5.27. The van der Waals surface area contributed by atoms with Gasteiger partial charge in [0, 0.05) is 23.5 Å². The van der Waals surface area contributed by atoms with Gasteiger partial charge in [0.15, 0.2) is 0 Å². The average molecular weight is 444 g/mol. The molecule has 34 heavy (non-hydrogen) atoms. The van der Waals surface area contributed by atoms with Gasteiger partial charge in [0.1, 0.15) is 17.0 Å². The van der Waals surface area contributed by atoms with Crippen LogP contribution >= 0.6 is 0 Å². The molecule has 0 atom stereocenters. The van der Waals surface area contributed by atoms with Crippen molar-refractivity contribution in [3.05, 3.63) is 113 Å². The van der Waals surface area contributed by atoms with E-state index < -0.39 is 0 Å². The molecule has 0 fully saturated rings. The lowest BCUT2D eigenvalue weighted by molar-refractivity contribution is 0.648. The highest BCUT2D eigenvalue weighted by molar-refractivity contribution is 6.03. The number of aryl methyl sites for hydroxylation is 1. The molecule has 6 rings (SSSR count). The van der Waals surface area contributed by atoms with Crippen LogP contribution in [-0.2, 0) is 6.54 Å². The Labute approximate surface area is 195 Å². The van der Waals surface area contributed by atoms with Crippen LogP contribution in [0.2, 0.25) is 0 Å². The molecule has 6 aromatic rings. The first-order chi connectivity index (χ1) is 16.7. The lowest BCUT2D eigenvalue weighted by atomic mass is 10.1. The van der Waals surface area contributed by atoms with Crippen molar-refractivity contribution in [2.24, 2.45) is 0 Å². The van der Waals surface area contributed by atoms with E-state index in [1.807, 2.05) is 85.8 Å². The molecule has 4 heterocycles. The van der Waals surface area contributed by atoms with E-state index in [4.69, 9.17) is 15.2 Å². The minimum absolute atomic E-state index is 0.232. The number of pyridine rings is 1. The molecule has 0 bridgehead atoms. The maximum Gasteiger partial charge on any atom is 0.293 e. The van der Waals surface area contributed by atoms with E-state index in [0.717, 1.165) is 27.9 Å². The van der Waals surface area contributed by atoms with E-state index in [1.54, 1.807) is 16.9 Å². The summed E-state index contributed by atoms with van der Waals surface area (Å²) in [6, 6.07) is 25.6. The van der Waals surface area contributed by atoms with Crippen LogP contribution in [0.5, 0.6) is 0 Å². The molecule has 164 valence electrons. The summed E-state index contributed by atoms with van der Waals surface area (Å²) in [5, 5.41) is 10.3. The van der Waals surface area contributed by atoms with Crippen LogP contribution in [0.25, 0.3) is 38.9 Å². The van der Waals surface area contributed by atoms with Gasteiger partial charge in [-0.3, -0.25) is 9.78 Å². The fourth-order valence-electron chi connectivity index (χ4n) is 4.24. The maximum absolute atomic E-state index is 13.6. The molecule has 0 aliphatic heterocycles. The van der Waals surface area contributed by atoms with E-state index >= 15 is 0 Å². The zero-order valence-electron chi connectivity index (χ0n) is 18.5. The summed E-state index contributed by atoms with van der Waals surface area (Å²) in [5.74, 6) is 0.639. The van der Waals surface area contributed by atoms with Crippen LogP contribution in [0.3, 0.4) is 0 Å². The monoisotopic (exact) mass is 444 g/mol. The molecule has 0 N–H and O–H groups in total. The molecule has 0 saturated heterocycles. The first-order valence-electron chi connectivity index (χ1n) is 11.0.